The summed E-state index contributed by atoms with van der Waals surface area (Å²) in [5.41, 5.74) is 6.46. The first-order valence-corrected chi connectivity index (χ1v) is 7.31. The second kappa shape index (κ2) is 8.08. The highest BCUT2D eigenvalue weighted by molar-refractivity contribution is 6.34. The summed E-state index contributed by atoms with van der Waals surface area (Å²) in [6.07, 6.45) is 2.75. The van der Waals surface area contributed by atoms with E-state index >= 15 is 0 Å². The molecule has 0 aliphatic heterocycles. The SMILES string of the molecule is Cl.NCCCCNC(=O)C1CC1c1cc(Cl)cc(Cl)c1. The van der Waals surface area contributed by atoms with Crippen molar-refractivity contribution in [1.82, 2.24) is 5.32 Å². The molecule has 2 rings (SSSR count). The minimum absolute atomic E-state index is 0. The van der Waals surface area contributed by atoms with E-state index in [0.29, 0.717) is 23.1 Å². The van der Waals surface area contributed by atoms with Crippen molar-refractivity contribution < 1.29 is 4.79 Å². The van der Waals surface area contributed by atoms with E-state index in [9.17, 15) is 4.79 Å². The van der Waals surface area contributed by atoms with Gasteiger partial charge in [-0.3, -0.25) is 4.79 Å². The largest absolute Gasteiger partial charge is 0.356 e. The number of amides is 1. The maximum atomic E-state index is 11.9. The van der Waals surface area contributed by atoms with Gasteiger partial charge in [-0.25, -0.2) is 0 Å². The van der Waals surface area contributed by atoms with Crippen molar-refractivity contribution in [2.75, 3.05) is 13.1 Å². The molecule has 112 valence electrons. The van der Waals surface area contributed by atoms with E-state index < -0.39 is 0 Å². The van der Waals surface area contributed by atoms with Crippen LogP contribution in [0.1, 0.15) is 30.7 Å². The Kier molecular flexibility index (Phi) is 7.10. The molecule has 2 atom stereocenters. The molecule has 3 nitrogen and oxygen atoms in total. The van der Waals surface area contributed by atoms with Gasteiger partial charge < -0.3 is 11.1 Å². The standard InChI is InChI=1S/C14H18Cl2N2O.ClH/c15-10-5-9(6-11(16)7-10)12-8-13(12)14(19)18-4-2-1-3-17;/h5-7,12-13H,1-4,8,17H2,(H,18,19);1H. The lowest BCUT2D eigenvalue weighted by molar-refractivity contribution is -0.122. The van der Waals surface area contributed by atoms with Crippen LogP contribution in [-0.4, -0.2) is 19.0 Å². The van der Waals surface area contributed by atoms with Crippen LogP contribution in [0.15, 0.2) is 18.2 Å². The van der Waals surface area contributed by atoms with Crippen molar-refractivity contribution in [1.29, 1.82) is 0 Å². The average molecular weight is 338 g/mol. The van der Waals surface area contributed by atoms with Gasteiger partial charge in [0.1, 0.15) is 0 Å². The first-order chi connectivity index (χ1) is 9.11. The fourth-order valence-electron chi connectivity index (χ4n) is 2.25. The number of carbonyl (C=O) groups excluding carboxylic acids is 1. The lowest BCUT2D eigenvalue weighted by atomic mass is 10.1. The number of carbonyl (C=O) groups is 1. The predicted molar refractivity (Wildman–Crippen MR) is 85.9 cm³/mol. The van der Waals surface area contributed by atoms with Crippen LogP contribution in [0.2, 0.25) is 10.0 Å². The molecular weight excluding hydrogens is 319 g/mol. The number of rotatable bonds is 6. The summed E-state index contributed by atoms with van der Waals surface area (Å²) in [4.78, 5) is 11.9. The van der Waals surface area contributed by atoms with E-state index in [-0.39, 0.29) is 30.2 Å². The minimum atomic E-state index is 0. The molecule has 1 aromatic carbocycles. The van der Waals surface area contributed by atoms with Crippen molar-refractivity contribution in [3.05, 3.63) is 33.8 Å². The molecule has 0 bridgehead atoms. The highest BCUT2D eigenvalue weighted by atomic mass is 35.5. The quantitative estimate of drug-likeness (QED) is 0.782. The number of halogens is 3. The van der Waals surface area contributed by atoms with Gasteiger partial charge in [0, 0.05) is 22.5 Å². The second-order valence-electron chi connectivity index (χ2n) is 4.94. The number of hydrogen-bond acceptors (Lipinski definition) is 2. The highest BCUT2D eigenvalue weighted by Crippen LogP contribution is 2.48. The second-order valence-corrected chi connectivity index (χ2v) is 5.81. The van der Waals surface area contributed by atoms with E-state index in [4.69, 9.17) is 28.9 Å². The number of hydrogen-bond donors (Lipinski definition) is 2. The third-order valence-corrected chi connectivity index (χ3v) is 3.81. The molecule has 20 heavy (non-hydrogen) atoms. The molecular formula is C14H19Cl3N2O. The van der Waals surface area contributed by atoms with Gasteiger partial charge in [-0.15, -0.1) is 12.4 Å². The van der Waals surface area contributed by atoms with Crippen LogP contribution >= 0.6 is 35.6 Å². The number of unbranched alkanes of at least 4 members (excludes halogenated alkanes) is 1. The van der Waals surface area contributed by atoms with Crippen molar-refractivity contribution >= 4 is 41.5 Å². The zero-order valence-corrected chi connectivity index (χ0v) is 13.4. The Hall–Kier alpha value is -0.480. The molecule has 0 heterocycles. The third kappa shape index (κ3) is 4.81. The normalized spacial score (nSPS) is 20.1. The summed E-state index contributed by atoms with van der Waals surface area (Å²) in [6.45, 7) is 1.37. The Morgan fingerprint density at radius 2 is 1.90 bits per heavy atom. The van der Waals surface area contributed by atoms with Crippen LogP contribution in [0.4, 0.5) is 0 Å². The summed E-state index contributed by atoms with van der Waals surface area (Å²) >= 11 is 11.9. The van der Waals surface area contributed by atoms with E-state index in [1.165, 1.54) is 0 Å². The highest BCUT2D eigenvalue weighted by Gasteiger charge is 2.43. The number of benzene rings is 1. The lowest BCUT2D eigenvalue weighted by Crippen LogP contribution is -2.26. The van der Waals surface area contributed by atoms with Gasteiger partial charge >= 0.3 is 0 Å². The van der Waals surface area contributed by atoms with E-state index in [1.54, 1.807) is 6.07 Å². The van der Waals surface area contributed by atoms with Gasteiger partial charge in [0.25, 0.3) is 0 Å². The average Bonchev–Trinajstić information content (AvgIpc) is 3.13. The molecule has 2 unspecified atom stereocenters. The zero-order chi connectivity index (χ0) is 13.8. The Labute approximate surface area is 135 Å². The van der Waals surface area contributed by atoms with Crippen molar-refractivity contribution in [3.8, 4) is 0 Å². The van der Waals surface area contributed by atoms with Crippen molar-refractivity contribution in [3.63, 3.8) is 0 Å². The van der Waals surface area contributed by atoms with Gasteiger partial charge in [0.05, 0.1) is 0 Å². The molecule has 6 heteroatoms. The third-order valence-electron chi connectivity index (χ3n) is 3.37. The van der Waals surface area contributed by atoms with Gasteiger partial charge in [0.15, 0.2) is 0 Å². The molecule has 1 saturated carbocycles. The van der Waals surface area contributed by atoms with Crippen LogP contribution in [-0.2, 0) is 4.79 Å². The summed E-state index contributed by atoms with van der Waals surface area (Å²) < 4.78 is 0. The minimum Gasteiger partial charge on any atom is -0.356 e. The Morgan fingerprint density at radius 1 is 1.25 bits per heavy atom. The number of nitrogens with two attached hydrogens (primary N) is 1. The maximum Gasteiger partial charge on any atom is 0.223 e. The fraction of sp³-hybridized carbons (Fsp3) is 0.500. The van der Waals surface area contributed by atoms with Crippen LogP contribution in [0.25, 0.3) is 0 Å². The molecule has 0 aromatic heterocycles. The molecule has 0 saturated heterocycles. The van der Waals surface area contributed by atoms with Crippen LogP contribution < -0.4 is 11.1 Å². The molecule has 3 N–H and O–H groups in total. The molecule has 0 spiro atoms. The zero-order valence-electron chi connectivity index (χ0n) is 11.1. The summed E-state index contributed by atoms with van der Waals surface area (Å²) in [5, 5.41) is 4.19. The maximum absolute atomic E-state index is 11.9. The van der Waals surface area contributed by atoms with Crippen LogP contribution in [0.5, 0.6) is 0 Å². The van der Waals surface area contributed by atoms with E-state index in [2.05, 4.69) is 5.32 Å². The van der Waals surface area contributed by atoms with Gasteiger partial charge in [-0.2, -0.15) is 0 Å². The molecule has 1 amide bonds. The molecule has 1 aliphatic carbocycles. The predicted octanol–water partition coefficient (Wildman–Crippen LogP) is 3.37. The van der Waals surface area contributed by atoms with Crippen LogP contribution in [0.3, 0.4) is 0 Å². The Morgan fingerprint density at radius 3 is 2.50 bits per heavy atom. The molecule has 1 aromatic rings. The molecule has 1 fully saturated rings. The summed E-state index contributed by atoms with van der Waals surface area (Å²) in [6, 6.07) is 5.48. The fourth-order valence-corrected chi connectivity index (χ4v) is 2.80. The molecule has 0 radical (unpaired) electrons. The Bertz CT molecular complexity index is 447. The first kappa shape index (κ1) is 17.6. The first-order valence-electron chi connectivity index (χ1n) is 6.55. The monoisotopic (exact) mass is 336 g/mol. The lowest BCUT2D eigenvalue weighted by Gasteiger charge is -2.05. The van der Waals surface area contributed by atoms with Gasteiger partial charge in [-0.1, -0.05) is 23.2 Å². The van der Waals surface area contributed by atoms with Crippen molar-refractivity contribution in [2.45, 2.75) is 25.2 Å². The smallest absolute Gasteiger partial charge is 0.223 e. The topological polar surface area (TPSA) is 55.1 Å². The number of nitrogens with one attached hydrogen (secondary N) is 1. The summed E-state index contributed by atoms with van der Waals surface area (Å²) in [7, 11) is 0. The van der Waals surface area contributed by atoms with Gasteiger partial charge in [0.2, 0.25) is 5.91 Å². The molecule has 1 aliphatic rings. The van der Waals surface area contributed by atoms with Crippen LogP contribution in [0, 0.1) is 5.92 Å². The van der Waals surface area contributed by atoms with Crippen molar-refractivity contribution in [2.24, 2.45) is 11.7 Å². The van der Waals surface area contributed by atoms with E-state index in [0.717, 1.165) is 24.8 Å². The summed E-state index contributed by atoms with van der Waals surface area (Å²) in [5.74, 6) is 0.441. The van der Waals surface area contributed by atoms with Gasteiger partial charge in [-0.05, 0) is 55.5 Å². The van der Waals surface area contributed by atoms with E-state index in [1.807, 2.05) is 12.1 Å². The Balaban J connectivity index is 0.00000200.